The van der Waals surface area contributed by atoms with Crippen molar-refractivity contribution in [2.24, 2.45) is 0 Å². The zero-order valence-electron chi connectivity index (χ0n) is 10.1. The smallest absolute Gasteiger partial charge is 0.225 e. The molecule has 0 radical (unpaired) electrons. The quantitative estimate of drug-likeness (QED) is 0.838. The molecule has 5 nitrogen and oxygen atoms in total. The molecule has 1 heterocycles. The highest BCUT2D eigenvalue weighted by Gasteiger charge is 2.14. The van der Waals surface area contributed by atoms with E-state index in [1.54, 1.807) is 13.0 Å². The van der Waals surface area contributed by atoms with Gasteiger partial charge in [0.1, 0.15) is 5.82 Å². The Balaban J connectivity index is 1.90. The lowest BCUT2D eigenvalue weighted by Crippen LogP contribution is -2.16. The molecule has 0 saturated heterocycles. The van der Waals surface area contributed by atoms with Gasteiger partial charge in [0.2, 0.25) is 5.91 Å². The van der Waals surface area contributed by atoms with Crippen molar-refractivity contribution < 1.29 is 4.79 Å². The van der Waals surface area contributed by atoms with Gasteiger partial charge < -0.3 is 10.6 Å². The first-order valence-corrected chi connectivity index (χ1v) is 6.18. The number of nitrogens with one attached hydrogen (secondary N) is 2. The molecule has 0 spiro atoms. The second-order valence-corrected chi connectivity index (χ2v) is 4.33. The van der Waals surface area contributed by atoms with Crippen molar-refractivity contribution in [3.63, 3.8) is 0 Å². The lowest BCUT2D eigenvalue weighted by Gasteiger charge is -2.11. The van der Waals surface area contributed by atoms with E-state index in [0.717, 1.165) is 5.82 Å². The summed E-state index contributed by atoms with van der Waals surface area (Å²) in [6.45, 7) is 1.80. The number of hydrogen-bond acceptors (Lipinski definition) is 4. The summed E-state index contributed by atoms with van der Waals surface area (Å²) in [5.41, 5.74) is 0. The lowest BCUT2D eigenvalue weighted by atomic mass is 10.2. The Kier molecular flexibility index (Phi) is 3.90. The van der Waals surface area contributed by atoms with Gasteiger partial charge in [-0.15, -0.1) is 10.2 Å². The molecule has 2 rings (SSSR count). The molecule has 17 heavy (non-hydrogen) atoms. The van der Waals surface area contributed by atoms with Crippen LogP contribution in [0.2, 0.25) is 0 Å². The second-order valence-electron chi connectivity index (χ2n) is 4.33. The molecule has 0 aromatic carbocycles. The Morgan fingerprint density at radius 2 is 1.94 bits per heavy atom. The van der Waals surface area contributed by atoms with E-state index in [4.69, 9.17) is 0 Å². The van der Waals surface area contributed by atoms with Gasteiger partial charge in [0.15, 0.2) is 5.82 Å². The first-order valence-electron chi connectivity index (χ1n) is 6.18. The fourth-order valence-electron chi connectivity index (χ4n) is 1.99. The van der Waals surface area contributed by atoms with Crippen molar-refractivity contribution in [1.29, 1.82) is 0 Å². The molecular weight excluding hydrogens is 216 g/mol. The van der Waals surface area contributed by atoms with Crippen LogP contribution in [0, 0.1) is 0 Å². The maximum absolute atomic E-state index is 11.2. The average Bonchev–Trinajstić information content (AvgIpc) is 2.84. The number of rotatable bonds is 4. The van der Waals surface area contributed by atoms with Crippen molar-refractivity contribution in [2.75, 3.05) is 10.6 Å². The summed E-state index contributed by atoms with van der Waals surface area (Å²) in [5, 5.41) is 14.0. The highest BCUT2D eigenvalue weighted by Crippen LogP contribution is 2.21. The minimum Gasteiger partial charge on any atom is -0.366 e. The van der Waals surface area contributed by atoms with E-state index in [2.05, 4.69) is 20.8 Å². The van der Waals surface area contributed by atoms with Crippen LogP contribution >= 0.6 is 0 Å². The van der Waals surface area contributed by atoms with Crippen LogP contribution in [0.5, 0.6) is 0 Å². The summed E-state index contributed by atoms with van der Waals surface area (Å²) in [4.78, 5) is 11.2. The Morgan fingerprint density at radius 1 is 1.29 bits per heavy atom. The van der Waals surface area contributed by atoms with E-state index in [9.17, 15) is 4.79 Å². The van der Waals surface area contributed by atoms with Gasteiger partial charge in [-0.25, -0.2) is 0 Å². The van der Waals surface area contributed by atoms with Gasteiger partial charge in [-0.1, -0.05) is 19.8 Å². The van der Waals surface area contributed by atoms with Gasteiger partial charge in [0.05, 0.1) is 0 Å². The molecule has 1 aromatic rings. The minimum absolute atomic E-state index is 0.0456. The summed E-state index contributed by atoms with van der Waals surface area (Å²) in [7, 11) is 0. The molecule has 1 aliphatic rings. The molecule has 1 fully saturated rings. The summed E-state index contributed by atoms with van der Waals surface area (Å²) >= 11 is 0. The van der Waals surface area contributed by atoms with E-state index < -0.39 is 0 Å². The molecule has 92 valence electrons. The van der Waals surface area contributed by atoms with Crippen LogP contribution in [0.1, 0.15) is 39.0 Å². The predicted molar refractivity (Wildman–Crippen MR) is 66.8 cm³/mol. The Labute approximate surface area is 101 Å². The van der Waals surface area contributed by atoms with Crippen molar-refractivity contribution in [3.8, 4) is 0 Å². The highest BCUT2D eigenvalue weighted by molar-refractivity contribution is 5.89. The number of carbonyl (C=O) groups is 1. The topological polar surface area (TPSA) is 66.9 Å². The van der Waals surface area contributed by atoms with Crippen LogP contribution in [-0.2, 0) is 4.79 Å². The van der Waals surface area contributed by atoms with E-state index in [-0.39, 0.29) is 5.91 Å². The molecule has 1 saturated carbocycles. The van der Waals surface area contributed by atoms with Crippen LogP contribution in [0.15, 0.2) is 12.1 Å². The fraction of sp³-hybridized carbons (Fsp3) is 0.583. The van der Waals surface area contributed by atoms with Gasteiger partial charge in [0, 0.05) is 12.5 Å². The Hall–Kier alpha value is -1.65. The fourth-order valence-corrected chi connectivity index (χ4v) is 1.99. The molecular formula is C12H18N4O. The molecule has 1 aromatic heterocycles. The standard InChI is InChI=1S/C12H18N4O/c1-2-12(17)14-11-8-7-10(15-16-11)13-9-5-3-4-6-9/h7-9H,2-6H2,1H3,(H,13,15)(H,14,16,17). The molecule has 0 aliphatic heterocycles. The highest BCUT2D eigenvalue weighted by atomic mass is 16.1. The normalized spacial score (nSPS) is 15.8. The zero-order chi connectivity index (χ0) is 12.1. The van der Waals surface area contributed by atoms with Gasteiger partial charge in [-0.3, -0.25) is 4.79 Å². The first kappa shape index (κ1) is 11.8. The Bertz CT molecular complexity index is 371. The summed E-state index contributed by atoms with van der Waals surface area (Å²) in [5.74, 6) is 1.25. The predicted octanol–water partition coefficient (Wildman–Crippen LogP) is 2.18. The third-order valence-corrected chi connectivity index (χ3v) is 2.96. The van der Waals surface area contributed by atoms with Crippen molar-refractivity contribution in [2.45, 2.75) is 45.1 Å². The molecule has 5 heteroatoms. The largest absolute Gasteiger partial charge is 0.366 e. The van der Waals surface area contributed by atoms with E-state index >= 15 is 0 Å². The van der Waals surface area contributed by atoms with Gasteiger partial charge >= 0.3 is 0 Å². The molecule has 0 unspecified atom stereocenters. The molecule has 0 atom stereocenters. The maximum Gasteiger partial charge on any atom is 0.225 e. The van der Waals surface area contributed by atoms with Crippen LogP contribution in [0.25, 0.3) is 0 Å². The number of anilines is 2. The van der Waals surface area contributed by atoms with Crippen molar-refractivity contribution in [1.82, 2.24) is 10.2 Å². The molecule has 1 aliphatic carbocycles. The molecule has 2 N–H and O–H groups in total. The zero-order valence-corrected chi connectivity index (χ0v) is 10.1. The van der Waals surface area contributed by atoms with Crippen LogP contribution in [-0.4, -0.2) is 22.1 Å². The van der Waals surface area contributed by atoms with Gasteiger partial charge in [0.25, 0.3) is 0 Å². The van der Waals surface area contributed by atoms with Crippen molar-refractivity contribution >= 4 is 17.5 Å². The van der Waals surface area contributed by atoms with Crippen LogP contribution in [0.3, 0.4) is 0 Å². The van der Waals surface area contributed by atoms with E-state index in [1.165, 1.54) is 25.7 Å². The van der Waals surface area contributed by atoms with Gasteiger partial charge in [-0.2, -0.15) is 0 Å². The van der Waals surface area contributed by atoms with Crippen LogP contribution in [0.4, 0.5) is 11.6 Å². The first-order chi connectivity index (χ1) is 8.28. The second kappa shape index (κ2) is 5.61. The molecule has 0 bridgehead atoms. The van der Waals surface area contributed by atoms with Crippen molar-refractivity contribution in [3.05, 3.63) is 12.1 Å². The number of hydrogen-bond donors (Lipinski definition) is 2. The third-order valence-electron chi connectivity index (χ3n) is 2.96. The summed E-state index contributed by atoms with van der Waals surface area (Å²) < 4.78 is 0. The lowest BCUT2D eigenvalue weighted by molar-refractivity contribution is -0.115. The number of aromatic nitrogens is 2. The minimum atomic E-state index is -0.0456. The van der Waals surface area contributed by atoms with E-state index in [0.29, 0.717) is 18.3 Å². The SMILES string of the molecule is CCC(=O)Nc1ccc(NC2CCCC2)nn1. The van der Waals surface area contributed by atoms with Crippen LogP contribution < -0.4 is 10.6 Å². The number of amides is 1. The average molecular weight is 234 g/mol. The number of carbonyl (C=O) groups excluding carboxylic acids is 1. The monoisotopic (exact) mass is 234 g/mol. The van der Waals surface area contributed by atoms with Gasteiger partial charge in [-0.05, 0) is 25.0 Å². The third kappa shape index (κ3) is 3.41. The Morgan fingerprint density at radius 3 is 2.53 bits per heavy atom. The maximum atomic E-state index is 11.2. The summed E-state index contributed by atoms with van der Waals surface area (Å²) in [6.07, 6.45) is 5.43. The summed E-state index contributed by atoms with van der Waals surface area (Å²) in [6, 6.07) is 4.16. The molecule has 1 amide bonds. The van der Waals surface area contributed by atoms with E-state index in [1.807, 2.05) is 6.07 Å². The number of nitrogens with zero attached hydrogens (tertiary/aromatic N) is 2.